The minimum Gasteiger partial charge on any atom is -0.383 e. The molecule has 0 saturated carbocycles. The number of halogens is 2. The lowest BCUT2D eigenvalue weighted by Gasteiger charge is -2.12. The number of rotatable bonds is 5. The molecule has 0 aliphatic carbocycles. The van der Waals surface area contributed by atoms with Crippen molar-refractivity contribution in [3.8, 4) is 16.9 Å². The van der Waals surface area contributed by atoms with E-state index in [1.165, 1.54) is 16.8 Å². The molecule has 31 heavy (non-hydrogen) atoms. The van der Waals surface area contributed by atoms with Crippen molar-refractivity contribution in [1.29, 1.82) is 0 Å². The number of nitrogens with two attached hydrogens (primary N) is 1. The summed E-state index contributed by atoms with van der Waals surface area (Å²) in [5.41, 5.74) is 8.94. The van der Waals surface area contributed by atoms with Crippen LogP contribution in [-0.2, 0) is 4.74 Å². The molecule has 0 radical (unpaired) electrons. The van der Waals surface area contributed by atoms with E-state index in [2.05, 4.69) is 15.4 Å². The molecule has 7 nitrogen and oxygen atoms in total. The molecule has 0 unspecified atom stereocenters. The summed E-state index contributed by atoms with van der Waals surface area (Å²) in [6, 6.07) is 13.3. The summed E-state index contributed by atoms with van der Waals surface area (Å²) in [6.07, 6.45) is 2.19. The third-order valence-electron chi connectivity index (χ3n) is 5.25. The fraction of sp³-hybridized carbons (Fsp3) is 0.227. The Balaban J connectivity index is 1.63. The number of hydrogen-bond donors (Lipinski definition) is 2. The summed E-state index contributed by atoms with van der Waals surface area (Å²) >= 11 is 6.23. The molecule has 9 heteroatoms. The number of ether oxygens (including phenoxy) is 1. The summed E-state index contributed by atoms with van der Waals surface area (Å²) in [4.78, 5) is 9.30. The summed E-state index contributed by atoms with van der Waals surface area (Å²) < 4.78 is 20.6. The van der Waals surface area contributed by atoms with Gasteiger partial charge in [0.25, 0.3) is 0 Å². The highest BCUT2D eigenvalue weighted by Gasteiger charge is 2.21. The van der Waals surface area contributed by atoms with Crippen LogP contribution < -0.4 is 11.1 Å². The number of fused-ring (bicyclic) bond motifs is 1. The van der Waals surface area contributed by atoms with E-state index < -0.39 is 0 Å². The fourth-order valence-corrected chi connectivity index (χ4v) is 3.92. The molecule has 1 saturated heterocycles. The van der Waals surface area contributed by atoms with Crippen LogP contribution in [0.2, 0.25) is 5.02 Å². The van der Waals surface area contributed by atoms with Crippen molar-refractivity contribution in [3.63, 3.8) is 0 Å². The second kappa shape index (κ2) is 8.13. The number of nitrogen functional groups attached to an aromatic ring is 1. The molecule has 2 aromatic heterocycles. The molecule has 1 aliphatic rings. The largest absolute Gasteiger partial charge is 0.383 e. The van der Waals surface area contributed by atoms with Gasteiger partial charge in [-0.15, -0.1) is 5.10 Å². The summed E-state index contributed by atoms with van der Waals surface area (Å²) in [6.45, 7) is 1.38. The van der Waals surface area contributed by atoms with Gasteiger partial charge in [-0.1, -0.05) is 23.7 Å². The van der Waals surface area contributed by atoms with Crippen molar-refractivity contribution >= 4 is 34.4 Å². The Hall–Kier alpha value is -3.23. The fourth-order valence-electron chi connectivity index (χ4n) is 3.72. The van der Waals surface area contributed by atoms with Gasteiger partial charge in [0.15, 0.2) is 5.65 Å². The summed E-state index contributed by atoms with van der Waals surface area (Å²) in [7, 11) is 0. The van der Waals surface area contributed by atoms with Crippen LogP contribution >= 0.6 is 11.6 Å². The van der Waals surface area contributed by atoms with Crippen LogP contribution in [0, 0.1) is 5.82 Å². The zero-order chi connectivity index (χ0) is 21.4. The Kier molecular flexibility index (Phi) is 5.17. The van der Waals surface area contributed by atoms with Crippen LogP contribution in [0.1, 0.15) is 12.8 Å². The monoisotopic (exact) mass is 438 g/mol. The maximum absolute atomic E-state index is 13.4. The average molecular weight is 439 g/mol. The molecule has 1 fully saturated rings. The first kappa shape index (κ1) is 19.7. The van der Waals surface area contributed by atoms with Crippen molar-refractivity contribution < 1.29 is 9.13 Å². The van der Waals surface area contributed by atoms with Crippen LogP contribution in [-0.4, -0.2) is 39.0 Å². The predicted octanol–water partition coefficient (Wildman–Crippen LogP) is 4.45. The van der Waals surface area contributed by atoms with Gasteiger partial charge in [0, 0.05) is 23.7 Å². The molecular weight excluding hydrogens is 419 g/mol. The minimum atomic E-state index is -0.334. The van der Waals surface area contributed by atoms with Crippen molar-refractivity contribution in [3.05, 3.63) is 59.4 Å². The van der Waals surface area contributed by atoms with Gasteiger partial charge < -0.3 is 15.8 Å². The number of anilines is 2. The van der Waals surface area contributed by atoms with Crippen LogP contribution in [0.4, 0.5) is 16.2 Å². The third-order valence-corrected chi connectivity index (χ3v) is 5.49. The van der Waals surface area contributed by atoms with E-state index in [0.29, 0.717) is 45.7 Å². The first-order valence-electron chi connectivity index (χ1n) is 10.0. The number of aromatic nitrogens is 4. The normalized spacial score (nSPS) is 16.1. The summed E-state index contributed by atoms with van der Waals surface area (Å²) in [5.74, 6) is 0.461. The Morgan fingerprint density at radius 1 is 1.19 bits per heavy atom. The van der Waals surface area contributed by atoms with Gasteiger partial charge in [-0.05, 0) is 49.2 Å². The molecule has 3 N–H and O–H groups in total. The third kappa shape index (κ3) is 3.92. The first-order chi connectivity index (χ1) is 15.1. The average Bonchev–Trinajstić information content (AvgIpc) is 3.40. The zero-order valence-electron chi connectivity index (χ0n) is 16.6. The van der Waals surface area contributed by atoms with Crippen molar-refractivity contribution in [2.45, 2.75) is 18.9 Å². The van der Waals surface area contributed by atoms with Gasteiger partial charge in [0.05, 0.1) is 22.9 Å². The van der Waals surface area contributed by atoms with E-state index in [4.69, 9.17) is 27.1 Å². The molecular formula is C22H20ClFN6O. The second-order valence-corrected chi connectivity index (χ2v) is 7.83. The zero-order valence-corrected chi connectivity index (χ0v) is 17.3. The molecule has 4 aromatic rings. The van der Waals surface area contributed by atoms with Crippen molar-refractivity contribution in [1.82, 2.24) is 19.7 Å². The van der Waals surface area contributed by atoms with Gasteiger partial charge in [0.1, 0.15) is 11.6 Å². The quantitative estimate of drug-likeness (QED) is 0.478. The SMILES string of the molecule is Nc1c2c(-c3cccc(Cl)c3)nc(NC[C@@H]3CCCO3)nc2nn1-c1ccc(F)cc1. The maximum Gasteiger partial charge on any atom is 0.225 e. The number of nitrogens with zero attached hydrogens (tertiary/aromatic N) is 4. The lowest BCUT2D eigenvalue weighted by molar-refractivity contribution is 0.120. The lowest BCUT2D eigenvalue weighted by atomic mass is 10.1. The first-order valence-corrected chi connectivity index (χ1v) is 10.4. The number of hydrogen-bond acceptors (Lipinski definition) is 6. The highest BCUT2D eigenvalue weighted by atomic mass is 35.5. The van der Waals surface area contributed by atoms with E-state index in [1.807, 2.05) is 18.2 Å². The van der Waals surface area contributed by atoms with Crippen molar-refractivity contribution in [2.75, 3.05) is 24.2 Å². The minimum absolute atomic E-state index is 0.135. The smallest absolute Gasteiger partial charge is 0.225 e. The molecule has 0 amide bonds. The highest BCUT2D eigenvalue weighted by molar-refractivity contribution is 6.30. The van der Waals surface area contributed by atoms with Gasteiger partial charge in [0.2, 0.25) is 5.95 Å². The van der Waals surface area contributed by atoms with Gasteiger partial charge in [-0.2, -0.15) is 4.98 Å². The lowest BCUT2D eigenvalue weighted by Crippen LogP contribution is -2.19. The second-order valence-electron chi connectivity index (χ2n) is 7.39. The van der Waals surface area contributed by atoms with E-state index >= 15 is 0 Å². The van der Waals surface area contributed by atoms with Gasteiger partial charge in [-0.3, -0.25) is 0 Å². The van der Waals surface area contributed by atoms with E-state index in [-0.39, 0.29) is 11.9 Å². The number of nitrogens with one attached hydrogen (secondary N) is 1. The molecule has 1 atom stereocenters. The molecule has 158 valence electrons. The Labute approximate surface area is 183 Å². The molecule has 1 aliphatic heterocycles. The van der Waals surface area contributed by atoms with Crippen LogP contribution in [0.3, 0.4) is 0 Å². The van der Waals surface area contributed by atoms with Gasteiger partial charge in [-0.25, -0.2) is 14.1 Å². The molecule has 2 aromatic carbocycles. The topological polar surface area (TPSA) is 90.9 Å². The number of benzene rings is 2. The molecule has 5 rings (SSSR count). The van der Waals surface area contributed by atoms with Crippen LogP contribution in [0.15, 0.2) is 48.5 Å². The van der Waals surface area contributed by atoms with Crippen molar-refractivity contribution in [2.24, 2.45) is 0 Å². The standard InChI is InChI=1S/C22H20ClFN6O/c23-14-4-1-3-13(11-14)19-18-20(25)30(16-8-6-15(24)7-9-16)29-21(18)28-22(27-19)26-12-17-5-2-10-31-17/h1,3-4,6-9,11,17H,2,5,10,12,25H2,(H,26,28,29)/t17-/m0/s1. The van der Waals surface area contributed by atoms with E-state index in [0.717, 1.165) is 25.0 Å². The maximum atomic E-state index is 13.4. The predicted molar refractivity (Wildman–Crippen MR) is 119 cm³/mol. The Morgan fingerprint density at radius 3 is 2.77 bits per heavy atom. The summed E-state index contributed by atoms with van der Waals surface area (Å²) in [5, 5.41) is 9.03. The van der Waals surface area contributed by atoms with E-state index in [9.17, 15) is 4.39 Å². The Bertz CT molecular complexity index is 1240. The highest BCUT2D eigenvalue weighted by Crippen LogP contribution is 2.33. The van der Waals surface area contributed by atoms with Crippen LogP contribution in [0.25, 0.3) is 28.0 Å². The molecule has 0 spiro atoms. The molecule has 0 bridgehead atoms. The Morgan fingerprint density at radius 2 is 2.03 bits per heavy atom. The van der Waals surface area contributed by atoms with Crippen LogP contribution in [0.5, 0.6) is 0 Å². The van der Waals surface area contributed by atoms with E-state index in [1.54, 1.807) is 18.2 Å². The van der Waals surface area contributed by atoms with Gasteiger partial charge >= 0.3 is 0 Å². The molecule has 3 heterocycles.